The number of para-hydroxylation sites is 2. The fourth-order valence-electron chi connectivity index (χ4n) is 2.14. The number of benzene rings is 2. The first-order valence-electron chi connectivity index (χ1n) is 5.67. The van der Waals surface area contributed by atoms with Crippen molar-refractivity contribution in [3.63, 3.8) is 0 Å². The summed E-state index contributed by atoms with van der Waals surface area (Å²) in [7, 11) is 0. The van der Waals surface area contributed by atoms with Crippen LogP contribution >= 0.6 is 0 Å². The lowest BCUT2D eigenvalue weighted by Crippen LogP contribution is -2.41. The molecule has 1 aliphatic heterocycles. The van der Waals surface area contributed by atoms with Crippen LogP contribution in [0.15, 0.2) is 54.6 Å². The van der Waals surface area contributed by atoms with Crippen molar-refractivity contribution in [2.24, 2.45) is 5.84 Å². The van der Waals surface area contributed by atoms with Crippen LogP contribution in [0.4, 0.5) is 5.69 Å². The number of nitrogens with two attached hydrogens (primary N) is 1. The molecule has 2 aromatic rings. The monoisotopic (exact) mass is 226 g/mol. The molecule has 3 rings (SSSR count). The Bertz CT molecular complexity index is 513. The van der Waals surface area contributed by atoms with Gasteiger partial charge in [0.05, 0.1) is 5.69 Å². The molecule has 17 heavy (non-hydrogen) atoms. The van der Waals surface area contributed by atoms with E-state index in [1.807, 2.05) is 42.5 Å². The van der Waals surface area contributed by atoms with Gasteiger partial charge in [-0.05, 0) is 17.7 Å². The van der Waals surface area contributed by atoms with E-state index in [-0.39, 0.29) is 6.04 Å². The van der Waals surface area contributed by atoms with E-state index < -0.39 is 0 Å². The summed E-state index contributed by atoms with van der Waals surface area (Å²) < 4.78 is 5.74. The van der Waals surface area contributed by atoms with Gasteiger partial charge in [-0.2, -0.15) is 0 Å². The van der Waals surface area contributed by atoms with Crippen LogP contribution < -0.4 is 15.6 Å². The molecule has 0 aromatic heterocycles. The molecular formula is C14H14N2O. The van der Waals surface area contributed by atoms with Gasteiger partial charge in [0, 0.05) is 0 Å². The fraction of sp³-hybridized carbons (Fsp3) is 0.143. The number of nitrogens with zero attached hydrogens (tertiary/aromatic N) is 1. The van der Waals surface area contributed by atoms with Crippen LogP contribution in [0.2, 0.25) is 0 Å². The maximum Gasteiger partial charge on any atom is 0.144 e. The van der Waals surface area contributed by atoms with Gasteiger partial charge < -0.3 is 4.74 Å². The summed E-state index contributed by atoms with van der Waals surface area (Å²) in [5.74, 6) is 7.03. The second kappa shape index (κ2) is 4.11. The molecule has 1 atom stereocenters. The quantitative estimate of drug-likeness (QED) is 0.759. The molecule has 0 radical (unpaired) electrons. The summed E-state index contributed by atoms with van der Waals surface area (Å²) in [5.41, 5.74) is 2.11. The lowest BCUT2D eigenvalue weighted by atomic mass is 10.1. The van der Waals surface area contributed by atoms with Crippen molar-refractivity contribution < 1.29 is 4.74 Å². The largest absolute Gasteiger partial charge is 0.489 e. The molecule has 0 saturated carbocycles. The molecule has 0 bridgehead atoms. The molecule has 1 unspecified atom stereocenters. The Morgan fingerprint density at radius 1 is 1.00 bits per heavy atom. The highest BCUT2D eigenvalue weighted by Crippen LogP contribution is 2.36. The van der Waals surface area contributed by atoms with Crippen molar-refractivity contribution >= 4 is 5.69 Å². The first-order valence-corrected chi connectivity index (χ1v) is 5.67. The van der Waals surface area contributed by atoms with Crippen molar-refractivity contribution in [3.05, 3.63) is 60.2 Å². The zero-order chi connectivity index (χ0) is 11.7. The third kappa shape index (κ3) is 1.74. The van der Waals surface area contributed by atoms with Gasteiger partial charge in [-0.3, -0.25) is 5.01 Å². The predicted molar refractivity (Wildman–Crippen MR) is 67.8 cm³/mol. The summed E-state index contributed by atoms with van der Waals surface area (Å²) in [5, 5.41) is 1.79. The maximum absolute atomic E-state index is 6.18. The van der Waals surface area contributed by atoms with E-state index in [1.54, 1.807) is 5.01 Å². The molecule has 0 spiro atoms. The SMILES string of the molecule is NN1c2ccccc2OCC1c1ccccc1. The van der Waals surface area contributed by atoms with Gasteiger partial charge in [0.1, 0.15) is 18.4 Å². The molecule has 2 aromatic carbocycles. The Hall–Kier alpha value is -2.00. The Morgan fingerprint density at radius 3 is 2.53 bits per heavy atom. The van der Waals surface area contributed by atoms with E-state index in [4.69, 9.17) is 10.6 Å². The van der Waals surface area contributed by atoms with E-state index in [1.165, 1.54) is 5.56 Å². The van der Waals surface area contributed by atoms with Crippen LogP contribution in [0.25, 0.3) is 0 Å². The maximum atomic E-state index is 6.18. The van der Waals surface area contributed by atoms with Gasteiger partial charge >= 0.3 is 0 Å². The lowest BCUT2D eigenvalue weighted by Gasteiger charge is -2.35. The molecule has 3 nitrogen and oxygen atoms in total. The molecule has 86 valence electrons. The van der Waals surface area contributed by atoms with Gasteiger partial charge in [-0.15, -0.1) is 0 Å². The van der Waals surface area contributed by atoms with Crippen LogP contribution in [-0.4, -0.2) is 6.61 Å². The number of hydrogen-bond donors (Lipinski definition) is 1. The summed E-state index contributed by atoms with van der Waals surface area (Å²) in [6, 6.07) is 18.1. The highest BCUT2D eigenvalue weighted by molar-refractivity contribution is 5.60. The van der Waals surface area contributed by atoms with Crippen molar-refractivity contribution in [2.45, 2.75) is 6.04 Å². The number of hydrazine groups is 1. The van der Waals surface area contributed by atoms with Gasteiger partial charge in [-0.1, -0.05) is 42.5 Å². The molecule has 0 aliphatic carbocycles. The number of ether oxygens (including phenoxy) is 1. The summed E-state index contributed by atoms with van der Waals surface area (Å²) in [6.45, 7) is 0.581. The van der Waals surface area contributed by atoms with Crippen LogP contribution in [-0.2, 0) is 0 Å². The van der Waals surface area contributed by atoms with E-state index in [9.17, 15) is 0 Å². The molecule has 0 saturated heterocycles. The van der Waals surface area contributed by atoms with Crippen LogP contribution in [0.3, 0.4) is 0 Å². The highest BCUT2D eigenvalue weighted by atomic mass is 16.5. The van der Waals surface area contributed by atoms with Gasteiger partial charge in [0.2, 0.25) is 0 Å². The standard InChI is InChI=1S/C14H14N2O/c15-16-12-8-4-5-9-14(12)17-10-13(16)11-6-2-1-3-7-11/h1-9,13H,10,15H2. The lowest BCUT2D eigenvalue weighted by molar-refractivity contribution is 0.264. The smallest absolute Gasteiger partial charge is 0.144 e. The fourth-order valence-corrected chi connectivity index (χ4v) is 2.14. The predicted octanol–water partition coefficient (Wildman–Crippen LogP) is 2.50. The molecule has 3 heteroatoms. The number of hydrogen-bond acceptors (Lipinski definition) is 3. The minimum absolute atomic E-state index is 0.0751. The number of fused-ring (bicyclic) bond motifs is 1. The first-order chi connectivity index (χ1) is 8.36. The number of rotatable bonds is 1. The van der Waals surface area contributed by atoms with Gasteiger partial charge in [0.25, 0.3) is 0 Å². The van der Waals surface area contributed by atoms with Crippen LogP contribution in [0, 0.1) is 0 Å². The van der Waals surface area contributed by atoms with Crippen molar-refractivity contribution in [2.75, 3.05) is 11.6 Å². The second-order valence-electron chi connectivity index (χ2n) is 4.11. The third-order valence-corrected chi connectivity index (χ3v) is 3.06. The minimum Gasteiger partial charge on any atom is -0.489 e. The van der Waals surface area contributed by atoms with Gasteiger partial charge in [0.15, 0.2) is 0 Å². The molecule has 1 aliphatic rings. The summed E-state index contributed by atoms with van der Waals surface area (Å²) >= 11 is 0. The van der Waals surface area contributed by atoms with Crippen molar-refractivity contribution in [3.8, 4) is 5.75 Å². The normalized spacial score (nSPS) is 18.4. The summed E-state index contributed by atoms with van der Waals surface area (Å²) in [6.07, 6.45) is 0. The Kier molecular flexibility index (Phi) is 2.46. The van der Waals surface area contributed by atoms with E-state index in [0.717, 1.165) is 11.4 Å². The van der Waals surface area contributed by atoms with Crippen molar-refractivity contribution in [1.82, 2.24) is 0 Å². The van der Waals surface area contributed by atoms with E-state index >= 15 is 0 Å². The summed E-state index contributed by atoms with van der Waals surface area (Å²) in [4.78, 5) is 0. The Labute approximate surface area is 100 Å². The molecular weight excluding hydrogens is 212 g/mol. The average molecular weight is 226 g/mol. The zero-order valence-electron chi connectivity index (χ0n) is 9.41. The van der Waals surface area contributed by atoms with Crippen LogP contribution in [0.1, 0.15) is 11.6 Å². The third-order valence-electron chi connectivity index (χ3n) is 3.06. The van der Waals surface area contributed by atoms with Crippen molar-refractivity contribution in [1.29, 1.82) is 0 Å². The van der Waals surface area contributed by atoms with Crippen LogP contribution in [0.5, 0.6) is 5.75 Å². The molecule has 1 heterocycles. The minimum atomic E-state index is 0.0751. The highest BCUT2D eigenvalue weighted by Gasteiger charge is 2.26. The first kappa shape index (κ1) is 10.2. The molecule has 2 N–H and O–H groups in total. The second-order valence-corrected chi connectivity index (χ2v) is 4.11. The van der Waals surface area contributed by atoms with Gasteiger partial charge in [-0.25, -0.2) is 5.84 Å². The average Bonchev–Trinajstić information content (AvgIpc) is 2.40. The Morgan fingerprint density at radius 2 is 1.71 bits per heavy atom. The Balaban J connectivity index is 1.97. The molecule has 0 amide bonds. The molecule has 0 fully saturated rings. The topological polar surface area (TPSA) is 38.5 Å². The van der Waals surface area contributed by atoms with E-state index in [0.29, 0.717) is 6.61 Å². The zero-order valence-corrected chi connectivity index (χ0v) is 9.41. The number of anilines is 1. The van der Waals surface area contributed by atoms with E-state index in [2.05, 4.69) is 12.1 Å².